The van der Waals surface area contributed by atoms with Crippen molar-refractivity contribution in [2.45, 2.75) is 44.9 Å². The molecule has 0 unspecified atom stereocenters. The van der Waals surface area contributed by atoms with Gasteiger partial charge in [-0.3, -0.25) is 14.4 Å². The van der Waals surface area contributed by atoms with E-state index < -0.39 is 12.1 Å². The molecule has 12 nitrogen and oxygen atoms in total. The van der Waals surface area contributed by atoms with E-state index in [1.54, 1.807) is 42.2 Å². The van der Waals surface area contributed by atoms with Crippen LogP contribution in [0.2, 0.25) is 0 Å². The fourth-order valence-corrected chi connectivity index (χ4v) is 4.78. The Bertz CT molecular complexity index is 1440. The maximum atomic E-state index is 13.5. The Morgan fingerprint density at radius 3 is 2.66 bits per heavy atom. The molecule has 1 saturated heterocycles. The Labute approximate surface area is 236 Å². The Morgan fingerprint density at radius 1 is 1.07 bits per heavy atom. The molecule has 214 valence electrons. The molecule has 7 rings (SSSR count). The molecule has 4 bridgehead atoms. The molecule has 1 aromatic heterocycles. The Kier molecular flexibility index (Phi) is 7.45. The molecule has 2 N–H and O–H groups in total. The number of likely N-dealkylation sites (tertiary alicyclic amines) is 1. The topological polar surface area (TPSA) is 145 Å². The molecule has 1 saturated carbocycles. The second-order valence-electron chi connectivity index (χ2n) is 10.7. The molecule has 2 fully saturated rings. The predicted molar refractivity (Wildman–Crippen MR) is 143 cm³/mol. The van der Waals surface area contributed by atoms with Gasteiger partial charge in [-0.25, -0.2) is 4.63 Å². The average Bonchev–Trinajstić information content (AvgIpc) is 3.60. The first-order valence-corrected chi connectivity index (χ1v) is 13.7. The maximum Gasteiger partial charge on any atom is 0.258 e. The zero-order valence-corrected chi connectivity index (χ0v) is 22.6. The van der Waals surface area contributed by atoms with Crippen LogP contribution in [0, 0.1) is 12.8 Å². The van der Waals surface area contributed by atoms with Gasteiger partial charge in [0.15, 0.2) is 6.61 Å². The van der Waals surface area contributed by atoms with Crippen LogP contribution in [0.25, 0.3) is 0 Å². The Morgan fingerprint density at radius 2 is 1.90 bits per heavy atom. The lowest BCUT2D eigenvalue weighted by Gasteiger charge is -2.21. The van der Waals surface area contributed by atoms with Gasteiger partial charge in [0.2, 0.25) is 5.91 Å². The molecule has 4 aliphatic rings. The van der Waals surface area contributed by atoms with Gasteiger partial charge >= 0.3 is 0 Å². The fraction of sp³-hybridized carbons (Fsp3) is 0.414. The second kappa shape index (κ2) is 11.5. The van der Waals surface area contributed by atoms with Crippen molar-refractivity contribution in [3.8, 4) is 17.2 Å². The van der Waals surface area contributed by atoms with Crippen LogP contribution in [0.15, 0.2) is 47.1 Å². The van der Waals surface area contributed by atoms with Gasteiger partial charge in [0.25, 0.3) is 11.8 Å². The highest BCUT2D eigenvalue weighted by atomic mass is 16.6. The minimum atomic E-state index is -0.509. The van der Waals surface area contributed by atoms with Gasteiger partial charge in [0, 0.05) is 24.7 Å². The molecular weight excluding hydrogens is 530 g/mol. The van der Waals surface area contributed by atoms with Crippen LogP contribution in [-0.4, -0.2) is 71.4 Å². The summed E-state index contributed by atoms with van der Waals surface area (Å²) in [6.07, 6.45) is 1.77. The molecule has 4 heterocycles. The van der Waals surface area contributed by atoms with Gasteiger partial charge < -0.3 is 29.7 Å². The quantitative estimate of drug-likeness (QED) is 0.476. The highest BCUT2D eigenvalue weighted by Gasteiger charge is 2.38. The molecule has 2 aromatic carbocycles. The summed E-state index contributed by atoms with van der Waals surface area (Å²) >= 11 is 0. The smallest absolute Gasteiger partial charge is 0.258 e. The molecule has 3 aromatic rings. The minimum absolute atomic E-state index is 0.0320. The van der Waals surface area contributed by atoms with E-state index in [-0.39, 0.29) is 43.8 Å². The van der Waals surface area contributed by atoms with Crippen molar-refractivity contribution in [2.75, 3.05) is 26.3 Å². The Hall–Kier alpha value is -4.61. The number of aryl methyl sites for hydroxylation is 1. The standard InChI is InChI=1S/C29H31N5O7/c1-17-24(33-41-32-17)11-28(36)34-13-25-26(14-34)40-21-6-4-18(5-7-21)12-30-27(35)16-39-23-9-20(29(37)31-25)8-22(10-23)38-15-19-2-3-19/h4-10,19,25-26H,2-3,11-16H2,1H3,(H,30,35)(H,31,37)/t25-,26-/m0/s1. The first-order chi connectivity index (χ1) is 19.9. The minimum Gasteiger partial charge on any atom is -0.493 e. The third kappa shape index (κ3) is 6.59. The van der Waals surface area contributed by atoms with Gasteiger partial charge in [0.05, 0.1) is 25.6 Å². The molecule has 0 spiro atoms. The first kappa shape index (κ1) is 26.6. The largest absolute Gasteiger partial charge is 0.493 e. The number of nitrogens with one attached hydrogen (secondary N) is 2. The number of ether oxygens (including phenoxy) is 3. The summed E-state index contributed by atoms with van der Waals surface area (Å²) in [6.45, 7) is 2.91. The summed E-state index contributed by atoms with van der Waals surface area (Å²) < 4.78 is 22.7. The monoisotopic (exact) mass is 561 g/mol. The van der Waals surface area contributed by atoms with Crippen molar-refractivity contribution in [3.05, 3.63) is 65.0 Å². The first-order valence-electron chi connectivity index (χ1n) is 13.7. The third-order valence-electron chi connectivity index (χ3n) is 7.40. The van der Waals surface area contributed by atoms with Crippen LogP contribution < -0.4 is 24.8 Å². The van der Waals surface area contributed by atoms with Crippen molar-refractivity contribution in [1.29, 1.82) is 0 Å². The van der Waals surface area contributed by atoms with Gasteiger partial charge in [0.1, 0.15) is 34.7 Å². The van der Waals surface area contributed by atoms with Gasteiger partial charge in [-0.05, 0) is 55.5 Å². The number of hydrogen-bond donors (Lipinski definition) is 2. The van der Waals surface area contributed by atoms with E-state index in [9.17, 15) is 14.4 Å². The molecular formula is C29H31N5O7. The highest BCUT2D eigenvalue weighted by Crippen LogP contribution is 2.31. The molecule has 12 heteroatoms. The molecule has 0 radical (unpaired) electrons. The van der Waals surface area contributed by atoms with Crippen LogP contribution >= 0.6 is 0 Å². The van der Waals surface area contributed by atoms with Gasteiger partial charge in [-0.2, -0.15) is 0 Å². The lowest BCUT2D eigenvalue weighted by Crippen LogP contribution is -2.45. The average molecular weight is 562 g/mol. The zero-order chi connectivity index (χ0) is 28.3. The van der Waals surface area contributed by atoms with Crippen molar-refractivity contribution in [2.24, 2.45) is 5.92 Å². The third-order valence-corrected chi connectivity index (χ3v) is 7.40. The van der Waals surface area contributed by atoms with Crippen molar-refractivity contribution < 1.29 is 33.2 Å². The van der Waals surface area contributed by atoms with E-state index in [1.165, 1.54) is 0 Å². The highest BCUT2D eigenvalue weighted by molar-refractivity contribution is 5.95. The van der Waals surface area contributed by atoms with Crippen molar-refractivity contribution >= 4 is 17.7 Å². The lowest BCUT2D eigenvalue weighted by molar-refractivity contribution is -0.129. The van der Waals surface area contributed by atoms with E-state index in [1.807, 2.05) is 12.1 Å². The van der Waals surface area contributed by atoms with Gasteiger partial charge in [-0.15, -0.1) is 0 Å². The number of carbonyl (C=O) groups excluding carboxylic acids is 3. The SMILES string of the molecule is Cc1nonc1CC(=O)N1C[C@@H]2NC(=O)c3cc(cc(OCC4CC4)c3)OCC(=O)NCc3ccc(cc3)O[C@H]2C1. The van der Waals surface area contributed by atoms with Gasteiger partial charge in [-0.1, -0.05) is 22.4 Å². The zero-order valence-electron chi connectivity index (χ0n) is 22.6. The number of rotatable bonds is 5. The number of benzene rings is 2. The van der Waals surface area contributed by atoms with E-state index in [4.69, 9.17) is 18.8 Å². The molecule has 3 amide bonds. The summed E-state index contributed by atoms with van der Waals surface area (Å²) in [5, 5.41) is 13.5. The molecule has 2 atom stereocenters. The maximum absolute atomic E-state index is 13.5. The number of aromatic nitrogens is 2. The summed E-state index contributed by atoms with van der Waals surface area (Å²) in [5.41, 5.74) is 2.23. The lowest BCUT2D eigenvalue weighted by atomic mass is 10.1. The van der Waals surface area contributed by atoms with Crippen LogP contribution in [0.3, 0.4) is 0 Å². The van der Waals surface area contributed by atoms with E-state index >= 15 is 0 Å². The predicted octanol–water partition coefficient (Wildman–Crippen LogP) is 1.81. The summed E-state index contributed by atoms with van der Waals surface area (Å²) in [7, 11) is 0. The molecule has 3 aliphatic heterocycles. The van der Waals surface area contributed by atoms with Crippen LogP contribution in [-0.2, 0) is 22.6 Å². The van der Waals surface area contributed by atoms with Crippen LogP contribution in [0.5, 0.6) is 17.2 Å². The molecule has 1 aliphatic carbocycles. The van der Waals surface area contributed by atoms with Crippen LogP contribution in [0.4, 0.5) is 0 Å². The number of nitrogens with zero attached hydrogens (tertiary/aromatic N) is 3. The fourth-order valence-electron chi connectivity index (χ4n) is 4.78. The van der Waals surface area contributed by atoms with E-state index in [0.717, 1.165) is 18.4 Å². The summed E-state index contributed by atoms with van der Waals surface area (Å²) in [6, 6.07) is 11.7. The summed E-state index contributed by atoms with van der Waals surface area (Å²) in [5.74, 6) is 1.10. The molecule has 41 heavy (non-hydrogen) atoms. The number of carbonyl (C=O) groups is 3. The van der Waals surface area contributed by atoms with Crippen molar-refractivity contribution in [1.82, 2.24) is 25.8 Å². The van der Waals surface area contributed by atoms with E-state index in [0.29, 0.717) is 53.3 Å². The normalized spacial score (nSPS) is 20.8. The number of amides is 3. The van der Waals surface area contributed by atoms with Crippen molar-refractivity contribution in [3.63, 3.8) is 0 Å². The van der Waals surface area contributed by atoms with Crippen LogP contribution in [0.1, 0.15) is 40.2 Å². The number of hydrogen-bond acceptors (Lipinski definition) is 9. The second-order valence-corrected chi connectivity index (χ2v) is 10.7. The van der Waals surface area contributed by atoms with E-state index in [2.05, 4.69) is 20.9 Å². The summed E-state index contributed by atoms with van der Waals surface area (Å²) in [4.78, 5) is 40.8. The Balaban J connectivity index is 1.26. The number of fused-ring (bicyclic) bond motifs is 7.